The van der Waals surface area contributed by atoms with Gasteiger partial charge in [-0.2, -0.15) is 0 Å². The molecule has 0 aromatic carbocycles. The smallest absolute Gasteiger partial charge is 0.117 e. The summed E-state index contributed by atoms with van der Waals surface area (Å²) in [6.07, 6.45) is 5.56. The van der Waals surface area contributed by atoms with Crippen LogP contribution in [0, 0.1) is 0 Å². The van der Waals surface area contributed by atoms with Gasteiger partial charge in [-0.3, -0.25) is 4.90 Å². The van der Waals surface area contributed by atoms with Gasteiger partial charge in [-0.05, 0) is 52.2 Å². The van der Waals surface area contributed by atoms with E-state index < -0.39 is 0 Å². The summed E-state index contributed by atoms with van der Waals surface area (Å²) in [4.78, 5) is 2.30. The van der Waals surface area contributed by atoms with Crippen molar-refractivity contribution in [1.29, 1.82) is 0 Å². The van der Waals surface area contributed by atoms with Crippen molar-refractivity contribution in [3.63, 3.8) is 0 Å². The zero-order chi connectivity index (χ0) is 10.9. The fourth-order valence-electron chi connectivity index (χ4n) is 1.61. The van der Waals surface area contributed by atoms with Crippen molar-refractivity contribution in [3.05, 3.63) is 24.2 Å². The van der Waals surface area contributed by atoms with Gasteiger partial charge in [-0.15, -0.1) is 0 Å². The summed E-state index contributed by atoms with van der Waals surface area (Å²) in [7, 11) is 4.14. The molecule has 0 spiro atoms. The minimum atomic E-state index is 0.916. The molecule has 1 N–H and O–H groups in total. The molecule has 0 aliphatic carbocycles. The Balaban J connectivity index is 2.01. The van der Waals surface area contributed by atoms with Gasteiger partial charge in [0, 0.05) is 0 Å². The van der Waals surface area contributed by atoms with E-state index in [1.807, 2.05) is 19.2 Å². The SMILES string of the molecule is CNCCCCCN(C)Cc1ccco1. The van der Waals surface area contributed by atoms with Crippen LogP contribution in [0.3, 0.4) is 0 Å². The van der Waals surface area contributed by atoms with Crippen LogP contribution in [-0.4, -0.2) is 32.1 Å². The number of nitrogens with zero attached hydrogens (tertiary/aromatic N) is 1. The quantitative estimate of drug-likeness (QED) is 0.666. The number of hydrogen-bond acceptors (Lipinski definition) is 3. The number of unbranched alkanes of at least 4 members (excludes halogenated alkanes) is 2. The third-order valence-corrected chi connectivity index (χ3v) is 2.47. The first kappa shape index (κ1) is 12.3. The number of rotatable bonds is 8. The highest BCUT2D eigenvalue weighted by molar-refractivity contribution is 4.97. The van der Waals surface area contributed by atoms with E-state index in [4.69, 9.17) is 4.42 Å². The molecule has 0 saturated heterocycles. The van der Waals surface area contributed by atoms with Crippen LogP contribution in [0.15, 0.2) is 22.8 Å². The number of hydrogen-bond donors (Lipinski definition) is 1. The van der Waals surface area contributed by atoms with Crippen LogP contribution in [-0.2, 0) is 6.54 Å². The average molecular weight is 210 g/mol. The van der Waals surface area contributed by atoms with Crippen LogP contribution in [0.4, 0.5) is 0 Å². The molecule has 1 heterocycles. The van der Waals surface area contributed by atoms with Crippen molar-refractivity contribution in [2.24, 2.45) is 0 Å². The summed E-state index contributed by atoms with van der Waals surface area (Å²) >= 11 is 0. The molecule has 1 aromatic heterocycles. The second-order valence-corrected chi connectivity index (χ2v) is 3.98. The molecule has 0 aliphatic heterocycles. The molecule has 0 unspecified atom stereocenters. The summed E-state index contributed by atoms with van der Waals surface area (Å²) in [5.41, 5.74) is 0. The third kappa shape index (κ3) is 5.60. The van der Waals surface area contributed by atoms with Crippen molar-refractivity contribution in [1.82, 2.24) is 10.2 Å². The van der Waals surface area contributed by atoms with E-state index in [-0.39, 0.29) is 0 Å². The molecule has 1 aromatic rings. The summed E-state index contributed by atoms with van der Waals surface area (Å²) in [5.74, 6) is 1.05. The molecule has 3 heteroatoms. The van der Waals surface area contributed by atoms with Gasteiger partial charge in [-0.1, -0.05) is 6.42 Å². The van der Waals surface area contributed by atoms with Crippen LogP contribution in [0.1, 0.15) is 25.0 Å². The lowest BCUT2D eigenvalue weighted by Gasteiger charge is -2.14. The van der Waals surface area contributed by atoms with Gasteiger partial charge in [0.1, 0.15) is 5.76 Å². The van der Waals surface area contributed by atoms with Gasteiger partial charge < -0.3 is 9.73 Å². The zero-order valence-corrected chi connectivity index (χ0v) is 9.83. The van der Waals surface area contributed by atoms with Gasteiger partial charge in [0.25, 0.3) is 0 Å². The zero-order valence-electron chi connectivity index (χ0n) is 9.83. The Labute approximate surface area is 92.5 Å². The third-order valence-electron chi connectivity index (χ3n) is 2.47. The minimum Gasteiger partial charge on any atom is -0.468 e. The molecular formula is C12H22N2O. The predicted molar refractivity (Wildman–Crippen MR) is 62.8 cm³/mol. The van der Waals surface area contributed by atoms with E-state index in [1.54, 1.807) is 6.26 Å². The standard InChI is InChI=1S/C12H22N2O/c1-13-8-4-3-5-9-14(2)11-12-7-6-10-15-12/h6-7,10,13H,3-5,8-9,11H2,1-2H3. The molecule has 15 heavy (non-hydrogen) atoms. The van der Waals surface area contributed by atoms with E-state index in [9.17, 15) is 0 Å². The second-order valence-electron chi connectivity index (χ2n) is 3.98. The maximum Gasteiger partial charge on any atom is 0.117 e. The van der Waals surface area contributed by atoms with E-state index >= 15 is 0 Å². The molecule has 3 nitrogen and oxygen atoms in total. The molecule has 0 aliphatic rings. The summed E-state index contributed by atoms with van der Waals surface area (Å²) in [6, 6.07) is 3.97. The van der Waals surface area contributed by atoms with E-state index in [0.717, 1.165) is 25.4 Å². The lowest BCUT2D eigenvalue weighted by molar-refractivity contribution is 0.288. The molecule has 0 saturated carbocycles. The first-order chi connectivity index (χ1) is 7.33. The predicted octanol–water partition coefficient (Wildman–Crippen LogP) is 2.10. The van der Waals surface area contributed by atoms with Crippen molar-refractivity contribution in [2.45, 2.75) is 25.8 Å². The highest BCUT2D eigenvalue weighted by atomic mass is 16.3. The van der Waals surface area contributed by atoms with Crippen molar-refractivity contribution < 1.29 is 4.42 Å². The second kappa shape index (κ2) is 7.49. The Morgan fingerprint density at radius 1 is 1.33 bits per heavy atom. The maximum absolute atomic E-state index is 5.30. The molecular weight excluding hydrogens is 188 g/mol. The fraction of sp³-hybridized carbons (Fsp3) is 0.667. The van der Waals surface area contributed by atoms with Gasteiger partial charge >= 0.3 is 0 Å². The van der Waals surface area contributed by atoms with Gasteiger partial charge in [-0.25, -0.2) is 0 Å². The highest BCUT2D eigenvalue weighted by Gasteiger charge is 2.01. The molecule has 86 valence electrons. The molecule has 0 radical (unpaired) electrons. The summed E-state index contributed by atoms with van der Waals surface area (Å²) in [6.45, 7) is 3.19. The van der Waals surface area contributed by atoms with Crippen molar-refractivity contribution in [3.8, 4) is 0 Å². The minimum absolute atomic E-state index is 0.916. The molecule has 0 fully saturated rings. The Kier molecular flexibility index (Phi) is 6.12. The van der Waals surface area contributed by atoms with Gasteiger partial charge in [0.2, 0.25) is 0 Å². The first-order valence-electron chi connectivity index (χ1n) is 5.68. The Morgan fingerprint density at radius 2 is 2.20 bits per heavy atom. The fourth-order valence-corrected chi connectivity index (χ4v) is 1.61. The summed E-state index contributed by atoms with van der Waals surface area (Å²) < 4.78 is 5.30. The van der Waals surface area contributed by atoms with Crippen LogP contribution in [0.5, 0.6) is 0 Å². The molecule has 0 bridgehead atoms. The lowest BCUT2D eigenvalue weighted by atomic mass is 10.2. The average Bonchev–Trinajstić information content (AvgIpc) is 2.70. The van der Waals surface area contributed by atoms with Crippen LogP contribution < -0.4 is 5.32 Å². The maximum atomic E-state index is 5.30. The number of nitrogens with one attached hydrogen (secondary N) is 1. The van der Waals surface area contributed by atoms with Crippen LogP contribution in [0.25, 0.3) is 0 Å². The van der Waals surface area contributed by atoms with Gasteiger partial charge in [0.05, 0.1) is 12.8 Å². The Morgan fingerprint density at radius 3 is 2.87 bits per heavy atom. The largest absolute Gasteiger partial charge is 0.468 e. The Bertz CT molecular complexity index is 234. The first-order valence-corrected chi connectivity index (χ1v) is 5.68. The monoisotopic (exact) mass is 210 g/mol. The van der Waals surface area contributed by atoms with E-state index in [2.05, 4.69) is 17.3 Å². The molecule has 0 atom stereocenters. The van der Waals surface area contributed by atoms with E-state index in [1.165, 1.54) is 19.3 Å². The molecule has 0 amide bonds. The molecule has 1 rings (SSSR count). The Hall–Kier alpha value is -0.800. The van der Waals surface area contributed by atoms with Gasteiger partial charge in [0.15, 0.2) is 0 Å². The number of furan rings is 1. The van der Waals surface area contributed by atoms with Crippen molar-refractivity contribution >= 4 is 0 Å². The topological polar surface area (TPSA) is 28.4 Å². The van der Waals surface area contributed by atoms with Crippen LogP contribution in [0.2, 0.25) is 0 Å². The van der Waals surface area contributed by atoms with E-state index in [0.29, 0.717) is 0 Å². The van der Waals surface area contributed by atoms with Crippen molar-refractivity contribution in [2.75, 3.05) is 27.2 Å². The highest BCUT2D eigenvalue weighted by Crippen LogP contribution is 2.05. The lowest BCUT2D eigenvalue weighted by Crippen LogP contribution is -2.19. The summed E-state index contributed by atoms with van der Waals surface area (Å²) in [5, 5.41) is 3.16. The normalized spacial score (nSPS) is 11.1. The van der Waals surface area contributed by atoms with Crippen LogP contribution >= 0.6 is 0 Å².